The number of halogens is 2. The van der Waals surface area contributed by atoms with E-state index in [1.165, 1.54) is 18.3 Å². The van der Waals surface area contributed by atoms with Crippen molar-refractivity contribution in [1.82, 2.24) is 4.98 Å². The van der Waals surface area contributed by atoms with Crippen LogP contribution in [-0.4, -0.2) is 10.8 Å². The molecule has 5 heteroatoms. The van der Waals surface area contributed by atoms with E-state index in [0.717, 1.165) is 12.1 Å². The molecule has 3 nitrogen and oxygen atoms in total. The molecular weight excluding hydrogens is 252 g/mol. The van der Waals surface area contributed by atoms with Gasteiger partial charge in [0.1, 0.15) is 17.2 Å². The van der Waals surface area contributed by atoms with E-state index in [-0.39, 0.29) is 11.5 Å². The topological polar surface area (TPSA) is 39.2 Å². The Morgan fingerprint density at radius 1 is 1.16 bits per heavy atom. The number of nitrogens with zero attached hydrogens (tertiary/aromatic N) is 1. The van der Waals surface area contributed by atoms with E-state index in [1.54, 1.807) is 13.0 Å². The number of hydrogen-bond acceptors (Lipinski definition) is 3. The molecule has 1 aromatic heterocycles. The lowest BCUT2D eigenvalue weighted by Gasteiger charge is -2.06. The first-order valence-corrected chi connectivity index (χ1v) is 5.72. The maximum atomic E-state index is 13.0. The van der Waals surface area contributed by atoms with Gasteiger partial charge in [0.2, 0.25) is 0 Å². The van der Waals surface area contributed by atoms with Crippen LogP contribution in [0.4, 0.5) is 8.78 Å². The molecule has 0 radical (unpaired) electrons. The number of aromatic nitrogens is 1. The zero-order valence-corrected chi connectivity index (χ0v) is 10.2. The summed E-state index contributed by atoms with van der Waals surface area (Å²) in [4.78, 5) is 15.3. The fourth-order valence-corrected chi connectivity index (χ4v) is 1.46. The fourth-order valence-electron chi connectivity index (χ4n) is 1.46. The third-order valence-electron chi connectivity index (χ3n) is 2.47. The number of Topliss-reactive ketones (excluding diaryl/α,β-unsaturated/α-hetero) is 1. The van der Waals surface area contributed by atoms with E-state index >= 15 is 0 Å². The summed E-state index contributed by atoms with van der Waals surface area (Å²) in [6, 6.07) is 6.31. The number of carbonyl (C=O) groups is 1. The minimum Gasteiger partial charge on any atom is -0.456 e. The highest BCUT2D eigenvalue weighted by Gasteiger charge is 2.07. The second-order valence-electron chi connectivity index (χ2n) is 3.83. The lowest BCUT2D eigenvalue weighted by atomic mass is 10.2. The van der Waals surface area contributed by atoms with Crippen molar-refractivity contribution < 1.29 is 18.3 Å². The molecule has 0 aliphatic rings. The third kappa shape index (κ3) is 3.13. The van der Waals surface area contributed by atoms with Gasteiger partial charge < -0.3 is 4.74 Å². The minimum atomic E-state index is -0.983. The maximum Gasteiger partial charge on any atom is 0.180 e. The number of carbonyl (C=O) groups excluding carboxylic acids is 1. The van der Waals surface area contributed by atoms with Gasteiger partial charge in [-0.1, -0.05) is 6.92 Å². The summed E-state index contributed by atoms with van der Waals surface area (Å²) < 4.78 is 31.0. The Morgan fingerprint density at radius 3 is 2.47 bits per heavy atom. The summed E-state index contributed by atoms with van der Waals surface area (Å²) in [6.07, 6.45) is 1.74. The van der Waals surface area contributed by atoms with Gasteiger partial charge in [-0.25, -0.2) is 13.8 Å². The first kappa shape index (κ1) is 13.1. The molecule has 2 aromatic rings. The highest BCUT2D eigenvalue weighted by Crippen LogP contribution is 2.22. The minimum absolute atomic E-state index is 0.0700. The van der Waals surface area contributed by atoms with E-state index < -0.39 is 11.6 Å². The predicted molar refractivity (Wildman–Crippen MR) is 65.3 cm³/mol. The molecule has 0 saturated heterocycles. The molecule has 19 heavy (non-hydrogen) atoms. The summed E-state index contributed by atoms with van der Waals surface area (Å²) in [7, 11) is 0. The van der Waals surface area contributed by atoms with Crippen LogP contribution >= 0.6 is 0 Å². The molecule has 2 rings (SSSR count). The summed E-state index contributed by atoms with van der Waals surface area (Å²) in [5.74, 6) is -1.48. The first-order valence-electron chi connectivity index (χ1n) is 5.72. The first-order chi connectivity index (χ1) is 9.10. The molecule has 0 aliphatic heterocycles. The van der Waals surface area contributed by atoms with Crippen LogP contribution in [0.25, 0.3) is 0 Å². The van der Waals surface area contributed by atoms with E-state index in [9.17, 15) is 13.6 Å². The van der Waals surface area contributed by atoms with Gasteiger partial charge in [-0.15, -0.1) is 0 Å². The number of rotatable bonds is 4. The van der Waals surface area contributed by atoms with Crippen molar-refractivity contribution in [3.05, 3.63) is 53.9 Å². The largest absolute Gasteiger partial charge is 0.456 e. The molecule has 0 unspecified atom stereocenters. The smallest absolute Gasteiger partial charge is 0.180 e. The van der Waals surface area contributed by atoms with Crippen LogP contribution in [-0.2, 0) is 0 Å². The summed E-state index contributed by atoms with van der Waals surface area (Å²) in [5, 5.41) is 0. The molecule has 1 aromatic carbocycles. The van der Waals surface area contributed by atoms with Crippen LogP contribution in [0.15, 0.2) is 36.5 Å². The Hall–Kier alpha value is -2.30. The lowest BCUT2D eigenvalue weighted by molar-refractivity contribution is 0.0983. The molecule has 0 atom stereocenters. The predicted octanol–water partition coefficient (Wildman–Crippen LogP) is 3.74. The number of benzene rings is 1. The van der Waals surface area contributed by atoms with E-state index in [2.05, 4.69) is 4.98 Å². The molecule has 0 saturated carbocycles. The number of ether oxygens (including phenoxy) is 1. The van der Waals surface area contributed by atoms with Crippen LogP contribution < -0.4 is 4.74 Å². The molecular formula is C14H11F2NO2. The Morgan fingerprint density at radius 2 is 1.89 bits per heavy atom. The van der Waals surface area contributed by atoms with Crippen molar-refractivity contribution in [2.45, 2.75) is 13.3 Å². The summed E-state index contributed by atoms with van der Waals surface area (Å²) in [5.41, 5.74) is 0.347. The van der Waals surface area contributed by atoms with Crippen LogP contribution in [0.5, 0.6) is 11.5 Å². The van der Waals surface area contributed by atoms with Gasteiger partial charge in [-0.05, 0) is 24.3 Å². The molecule has 98 valence electrons. The van der Waals surface area contributed by atoms with Crippen molar-refractivity contribution in [2.24, 2.45) is 0 Å². The molecule has 0 spiro atoms. The Balaban J connectivity index is 2.15. The lowest BCUT2D eigenvalue weighted by Crippen LogP contribution is -1.99. The van der Waals surface area contributed by atoms with Gasteiger partial charge in [-0.2, -0.15) is 0 Å². The maximum absolute atomic E-state index is 13.0. The highest BCUT2D eigenvalue weighted by molar-refractivity contribution is 5.93. The van der Waals surface area contributed by atoms with Gasteiger partial charge in [0.05, 0.1) is 6.20 Å². The fraction of sp³-hybridized carbons (Fsp3) is 0.143. The van der Waals surface area contributed by atoms with Gasteiger partial charge in [0, 0.05) is 12.5 Å². The Kier molecular flexibility index (Phi) is 3.85. The average Bonchev–Trinajstić information content (AvgIpc) is 2.43. The van der Waals surface area contributed by atoms with Gasteiger partial charge >= 0.3 is 0 Å². The van der Waals surface area contributed by atoms with Crippen LogP contribution in [0, 0.1) is 11.6 Å². The zero-order valence-electron chi connectivity index (χ0n) is 10.2. The quantitative estimate of drug-likeness (QED) is 0.789. The molecule has 0 amide bonds. The second kappa shape index (κ2) is 5.56. The molecule has 0 aliphatic carbocycles. The molecule has 0 N–H and O–H groups in total. The van der Waals surface area contributed by atoms with Crippen molar-refractivity contribution in [2.75, 3.05) is 0 Å². The van der Waals surface area contributed by atoms with Crippen molar-refractivity contribution in [3.8, 4) is 11.5 Å². The molecule has 1 heterocycles. The highest BCUT2D eigenvalue weighted by atomic mass is 19.2. The normalized spacial score (nSPS) is 10.3. The standard InChI is InChI=1S/C14H11F2NO2/c1-2-14(18)13-6-4-10(8-17-13)19-9-3-5-11(15)12(16)7-9/h3-8H,2H2,1H3. The number of hydrogen-bond donors (Lipinski definition) is 0. The Bertz CT molecular complexity index is 597. The van der Waals surface area contributed by atoms with Crippen molar-refractivity contribution >= 4 is 5.78 Å². The average molecular weight is 263 g/mol. The molecule has 0 fully saturated rings. The van der Waals surface area contributed by atoms with E-state index in [1.807, 2.05) is 0 Å². The monoisotopic (exact) mass is 263 g/mol. The molecule has 0 bridgehead atoms. The van der Waals surface area contributed by atoms with Gasteiger partial charge in [-0.3, -0.25) is 4.79 Å². The summed E-state index contributed by atoms with van der Waals surface area (Å²) in [6.45, 7) is 1.75. The Labute approximate surface area is 108 Å². The van der Waals surface area contributed by atoms with Crippen LogP contribution in [0.2, 0.25) is 0 Å². The zero-order chi connectivity index (χ0) is 13.8. The SMILES string of the molecule is CCC(=O)c1ccc(Oc2ccc(F)c(F)c2)cn1. The number of pyridine rings is 1. The van der Waals surface area contributed by atoms with Gasteiger partial charge in [0.25, 0.3) is 0 Å². The van der Waals surface area contributed by atoms with Gasteiger partial charge in [0.15, 0.2) is 17.4 Å². The third-order valence-corrected chi connectivity index (χ3v) is 2.47. The second-order valence-corrected chi connectivity index (χ2v) is 3.83. The number of ketones is 1. The van der Waals surface area contributed by atoms with Crippen LogP contribution in [0.1, 0.15) is 23.8 Å². The summed E-state index contributed by atoms with van der Waals surface area (Å²) >= 11 is 0. The van der Waals surface area contributed by atoms with Crippen LogP contribution in [0.3, 0.4) is 0 Å². The van der Waals surface area contributed by atoms with Crippen molar-refractivity contribution in [3.63, 3.8) is 0 Å². The van der Waals surface area contributed by atoms with E-state index in [4.69, 9.17) is 4.74 Å². The van der Waals surface area contributed by atoms with E-state index in [0.29, 0.717) is 17.9 Å². The van der Waals surface area contributed by atoms with Crippen molar-refractivity contribution in [1.29, 1.82) is 0 Å².